The fourth-order valence-electron chi connectivity index (χ4n) is 3.32. The van der Waals surface area contributed by atoms with Crippen LogP contribution in [0.15, 0.2) is 41.8 Å². The number of thiophene rings is 1. The van der Waals surface area contributed by atoms with Crippen LogP contribution in [0.2, 0.25) is 0 Å². The first-order valence-electron chi connectivity index (χ1n) is 8.10. The summed E-state index contributed by atoms with van der Waals surface area (Å²) >= 11 is 1.65. The molecule has 0 bridgehead atoms. The Hall–Kier alpha value is -2.14. The first kappa shape index (κ1) is 14.5. The zero-order chi connectivity index (χ0) is 15.6. The Bertz CT molecular complexity index is 816. The van der Waals surface area contributed by atoms with Gasteiger partial charge in [-0.3, -0.25) is 4.79 Å². The van der Waals surface area contributed by atoms with Crippen LogP contribution in [0.25, 0.3) is 21.7 Å². The lowest BCUT2D eigenvalue weighted by Gasteiger charge is -2.13. The Morgan fingerprint density at radius 2 is 2.04 bits per heavy atom. The average Bonchev–Trinajstić information content (AvgIpc) is 3.28. The minimum Gasteiger partial charge on any atom is -0.352 e. The predicted molar refractivity (Wildman–Crippen MR) is 93.4 cm³/mol. The summed E-state index contributed by atoms with van der Waals surface area (Å²) in [6, 6.07) is 12.4. The van der Waals surface area contributed by atoms with Crippen molar-refractivity contribution in [2.24, 2.45) is 0 Å². The highest BCUT2D eigenvalue weighted by atomic mass is 32.1. The number of hydrogen-bond donors (Lipinski definition) is 1. The number of para-hydroxylation sites is 2. The Labute approximate surface area is 139 Å². The fourth-order valence-corrected chi connectivity index (χ4v) is 4.04. The molecule has 23 heavy (non-hydrogen) atoms. The molecule has 1 fully saturated rings. The second-order valence-corrected chi connectivity index (χ2v) is 6.98. The minimum absolute atomic E-state index is 0.0814. The van der Waals surface area contributed by atoms with E-state index < -0.39 is 0 Å². The van der Waals surface area contributed by atoms with Crippen LogP contribution in [-0.4, -0.2) is 21.5 Å². The van der Waals surface area contributed by atoms with Crippen LogP contribution >= 0.6 is 11.3 Å². The maximum atomic E-state index is 12.5. The Kier molecular flexibility index (Phi) is 3.87. The third-order valence-electron chi connectivity index (χ3n) is 4.42. The van der Waals surface area contributed by atoms with Crippen LogP contribution < -0.4 is 5.32 Å². The lowest BCUT2D eigenvalue weighted by atomic mass is 10.2. The molecule has 0 radical (unpaired) electrons. The molecule has 2 aromatic heterocycles. The van der Waals surface area contributed by atoms with E-state index in [2.05, 4.69) is 11.4 Å². The van der Waals surface area contributed by atoms with Gasteiger partial charge in [-0.05, 0) is 36.4 Å². The molecule has 4 nitrogen and oxygen atoms in total. The second-order valence-electron chi connectivity index (χ2n) is 6.04. The number of fused-ring (bicyclic) bond motifs is 1. The molecule has 1 aromatic carbocycles. The van der Waals surface area contributed by atoms with E-state index in [0.717, 1.165) is 34.6 Å². The summed E-state index contributed by atoms with van der Waals surface area (Å²) < 4.78 is 2.03. The number of nitrogens with zero attached hydrogens (tertiary/aromatic N) is 2. The summed E-state index contributed by atoms with van der Waals surface area (Å²) in [4.78, 5) is 18.3. The highest BCUT2D eigenvalue weighted by Crippen LogP contribution is 2.28. The van der Waals surface area contributed by atoms with Crippen molar-refractivity contribution in [2.75, 3.05) is 0 Å². The fraction of sp³-hybridized carbons (Fsp3) is 0.333. The van der Waals surface area contributed by atoms with E-state index in [1.54, 1.807) is 11.3 Å². The molecule has 0 unspecified atom stereocenters. The first-order chi connectivity index (χ1) is 11.3. The zero-order valence-corrected chi connectivity index (χ0v) is 13.7. The number of amides is 1. The number of hydrogen-bond acceptors (Lipinski definition) is 3. The molecule has 1 N–H and O–H groups in total. The Balaban J connectivity index is 1.67. The van der Waals surface area contributed by atoms with Crippen molar-refractivity contribution in [3.05, 3.63) is 41.8 Å². The van der Waals surface area contributed by atoms with Crippen molar-refractivity contribution >= 4 is 28.3 Å². The van der Waals surface area contributed by atoms with Gasteiger partial charge in [0.05, 0.1) is 15.9 Å². The third kappa shape index (κ3) is 2.88. The van der Waals surface area contributed by atoms with Gasteiger partial charge < -0.3 is 9.88 Å². The van der Waals surface area contributed by atoms with E-state index in [0.29, 0.717) is 12.6 Å². The third-order valence-corrected chi connectivity index (χ3v) is 5.28. The molecule has 1 amide bonds. The largest absolute Gasteiger partial charge is 0.352 e. The Morgan fingerprint density at radius 3 is 2.83 bits per heavy atom. The highest BCUT2D eigenvalue weighted by molar-refractivity contribution is 7.13. The second kappa shape index (κ2) is 6.16. The number of imidazole rings is 1. The van der Waals surface area contributed by atoms with E-state index in [9.17, 15) is 4.79 Å². The maximum Gasteiger partial charge on any atom is 0.240 e. The van der Waals surface area contributed by atoms with Gasteiger partial charge in [-0.1, -0.05) is 31.0 Å². The standard InChI is InChI=1S/C18H19N3OS/c22-17(19-13-6-1-2-7-13)12-21-15-9-4-3-8-14(15)20-18(21)16-10-5-11-23-16/h3-5,8-11,13H,1-2,6-7,12H2,(H,19,22). The van der Waals surface area contributed by atoms with Gasteiger partial charge in [-0.25, -0.2) is 4.98 Å². The number of carbonyl (C=O) groups excluding carboxylic acids is 1. The topological polar surface area (TPSA) is 46.9 Å². The molecule has 1 saturated carbocycles. The van der Waals surface area contributed by atoms with Crippen LogP contribution in [0.3, 0.4) is 0 Å². The summed E-state index contributed by atoms with van der Waals surface area (Å²) in [5.41, 5.74) is 1.95. The summed E-state index contributed by atoms with van der Waals surface area (Å²) in [7, 11) is 0. The molecule has 0 saturated heterocycles. The van der Waals surface area contributed by atoms with Gasteiger partial charge in [-0.15, -0.1) is 11.3 Å². The molecule has 0 atom stereocenters. The highest BCUT2D eigenvalue weighted by Gasteiger charge is 2.20. The van der Waals surface area contributed by atoms with Gasteiger partial charge in [0.25, 0.3) is 0 Å². The van der Waals surface area contributed by atoms with Crippen LogP contribution in [0.1, 0.15) is 25.7 Å². The first-order valence-corrected chi connectivity index (χ1v) is 8.98. The summed E-state index contributed by atoms with van der Waals surface area (Å²) in [5, 5.41) is 5.21. The van der Waals surface area contributed by atoms with Gasteiger partial charge in [-0.2, -0.15) is 0 Å². The monoisotopic (exact) mass is 325 g/mol. The van der Waals surface area contributed by atoms with Gasteiger partial charge in [0, 0.05) is 6.04 Å². The van der Waals surface area contributed by atoms with E-state index in [1.807, 2.05) is 40.3 Å². The molecule has 1 aliphatic carbocycles. The average molecular weight is 325 g/mol. The predicted octanol–water partition coefficient (Wildman–Crippen LogP) is 3.82. The van der Waals surface area contributed by atoms with Crippen LogP contribution in [0.4, 0.5) is 0 Å². The summed E-state index contributed by atoms with van der Waals surface area (Å²) in [6.45, 7) is 0.324. The normalized spacial score (nSPS) is 15.3. The number of rotatable bonds is 4. The van der Waals surface area contributed by atoms with Gasteiger partial charge >= 0.3 is 0 Å². The van der Waals surface area contributed by atoms with Gasteiger partial charge in [0.15, 0.2) is 5.82 Å². The zero-order valence-electron chi connectivity index (χ0n) is 12.9. The van der Waals surface area contributed by atoms with Crippen molar-refractivity contribution in [3.63, 3.8) is 0 Å². The van der Waals surface area contributed by atoms with E-state index in [-0.39, 0.29) is 5.91 Å². The number of benzene rings is 1. The summed E-state index contributed by atoms with van der Waals surface area (Å²) in [5.74, 6) is 0.959. The lowest BCUT2D eigenvalue weighted by Crippen LogP contribution is -2.35. The molecule has 2 heterocycles. The molecule has 0 aliphatic heterocycles. The molecule has 4 rings (SSSR count). The molecule has 5 heteroatoms. The van der Waals surface area contributed by atoms with Crippen LogP contribution in [0, 0.1) is 0 Å². The molecule has 0 spiro atoms. The molecule has 1 aliphatic rings. The quantitative estimate of drug-likeness (QED) is 0.792. The van der Waals surface area contributed by atoms with Crippen molar-refractivity contribution < 1.29 is 4.79 Å². The van der Waals surface area contributed by atoms with Gasteiger partial charge in [0.1, 0.15) is 6.54 Å². The van der Waals surface area contributed by atoms with Crippen molar-refractivity contribution in [1.82, 2.24) is 14.9 Å². The van der Waals surface area contributed by atoms with E-state index in [4.69, 9.17) is 4.98 Å². The summed E-state index contributed by atoms with van der Waals surface area (Å²) in [6.07, 6.45) is 4.65. The molecule has 3 aromatic rings. The van der Waals surface area contributed by atoms with E-state index >= 15 is 0 Å². The van der Waals surface area contributed by atoms with Crippen LogP contribution in [0.5, 0.6) is 0 Å². The molecular formula is C18H19N3OS. The maximum absolute atomic E-state index is 12.5. The number of aromatic nitrogens is 2. The van der Waals surface area contributed by atoms with Crippen molar-refractivity contribution in [2.45, 2.75) is 38.3 Å². The molecular weight excluding hydrogens is 306 g/mol. The lowest BCUT2D eigenvalue weighted by molar-refractivity contribution is -0.122. The molecule has 118 valence electrons. The smallest absolute Gasteiger partial charge is 0.240 e. The Morgan fingerprint density at radius 1 is 1.22 bits per heavy atom. The van der Waals surface area contributed by atoms with Crippen molar-refractivity contribution in [3.8, 4) is 10.7 Å². The number of carbonyl (C=O) groups is 1. The number of nitrogens with one attached hydrogen (secondary N) is 1. The SMILES string of the molecule is O=C(Cn1c(-c2cccs2)nc2ccccc21)NC1CCCC1. The minimum atomic E-state index is 0.0814. The van der Waals surface area contributed by atoms with E-state index in [1.165, 1.54) is 12.8 Å². The van der Waals surface area contributed by atoms with Crippen molar-refractivity contribution in [1.29, 1.82) is 0 Å². The van der Waals surface area contributed by atoms with Gasteiger partial charge in [0.2, 0.25) is 5.91 Å². The van der Waals surface area contributed by atoms with Crippen LogP contribution in [-0.2, 0) is 11.3 Å².